The minimum Gasteiger partial charge on any atom is -0.300 e. The summed E-state index contributed by atoms with van der Waals surface area (Å²) in [6, 6.07) is 0. The van der Waals surface area contributed by atoms with Gasteiger partial charge >= 0.3 is 0 Å². The maximum Gasteiger partial charge on any atom is 0.284 e. The third-order valence-corrected chi connectivity index (χ3v) is 7.27. The maximum atomic E-state index is 11.7. The Balaban J connectivity index is 2.80. The molecule has 1 heterocycles. The van der Waals surface area contributed by atoms with E-state index in [1.165, 1.54) is 18.7 Å². The lowest BCUT2D eigenvalue weighted by Gasteiger charge is -2.38. The molecule has 1 aliphatic heterocycles. The predicted octanol–water partition coefficient (Wildman–Crippen LogP) is 2.52. The fraction of sp³-hybridized carbons (Fsp3) is 0.923. The number of hydrogen-bond acceptors (Lipinski definition) is 5. The van der Waals surface area contributed by atoms with Crippen LogP contribution in [0.5, 0.6) is 0 Å². The van der Waals surface area contributed by atoms with E-state index in [1.54, 1.807) is 11.8 Å². The molecule has 1 N–H and O–H groups in total. The largest absolute Gasteiger partial charge is 0.300 e. The number of carbonyl (C=O) groups excluding carboxylic acids is 1. The van der Waals surface area contributed by atoms with Crippen molar-refractivity contribution in [3.63, 3.8) is 0 Å². The highest BCUT2D eigenvalue weighted by atomic mass is 32.2. The molecule has 0 saturated carbocycles. The van der Waals surface area contributed by atoms with Gasteiger partial charge in [0.15, 0.2) is 4.87 Å². The Labute approximate surface area is 126 Å². The summed E-state index contributed by atoms with van der Waals surface area (Å²) in [7, 11) is -4.23. The van der Waals surface area contributed by atoms with Gasteiger partial charge in [-0.1, -0.05) is 32.6 Å². The van der Waals surface area contributed by atoms with Crippen molar-refractivity contribution in [1.29, 1.82) is 0 Å². The summed E-state index contributed by atoms with van der Waals surface area (Å²) in [6.45, 7) is 5.85. The van der Waals surface area contributed by atoms with Gasteiger partial charge in [-0.25, -0.2) is 0 Å². The zero-order chi connectivity index (χ0) is 15.4. The molecule has 0 aromatic heterocycles. The second kappa shape index (κ2) is 6.77. The second-order valence-corrected chi connectivity index (χ2v) is 8.91. The van der Waals surface area contributed by atoms with Gasteiger partial charge in [-0.3, -0.25) is 9.45 Å². The third-order valence-electron chi connectivity index (χ3n) is 4.00. The van der Waals surface area contributed by atoms with E-state index in [2.05, 4.69) is 6.92 Å². The van der Waals surface area contributed by atoms with Crippen LogP contribution in [0.3, 0.4) is 0 Å². The van der Waals surface area contributed by atoms with Crippen LogP contribution in [0.2, 0.25) is 0 Å². The molecule has 1 fully saturated rings. The van der Waals surface area contributed by atoms with Gasteiger partial charge in [0.25, 0.3) is 10.1 Å². The highest BCUT2D eigenvalue weighted by Crippen LogP contribution is 2.46. The molecule has 1 rings (SSSR count). The molecule has 0 spiro atoms. The first-order valence-corrected chi connectivity index (χ1v) is 9.49. The number of rotatable bonds is 8. The van der Waals surface area contributed by atoms with Crippen molar-refractivity contribution in [2.75, 3.05) is 12.3 Å². The number of aldehydes is 1. The fourth-order valence-electron chi connectivity index (χ4n) is 2.55. The van der Waals surface area contributed by atoms with Crippen LogP contribution in [-0.2, 0) is 14.9 Å². The van der Waals surface area contributed by atoms with Gasteiger partial charge in [0.05, 0.1) is 0 Å². The van der Waals surface area contributed by atoms with E-state index in [4.69, 9.17) is 0 Å². The fourth-order valence-corrected chi connectivity index (χ4v) is 5.17. The summed E-state index contributed by atoms with van der Waals surface area (Å²) in [6.07, 6.45) is 6.03. The SMILES string of the molecule is CCCCCCCN1C(C)(C=O)SCC1(C)S(=O)(=O)O. The van der Waals surface area contributed by atoms with Crippen LogP contribution < -0.4 is 0 Å². The predicted molar refractivity (Wildman–Crippen MR) is 82.3 cm³/mol. The topological polar surface area (TPSA) is 74.7 Å². The van der Waals surface area contributed by atoms with E-state index in [1.807, 2.05) is 0 Å². The number of nitrogens with zero attached hydrogens (tertiary/aromatic N) is 1. The standard InChI is InChI=1S/C13H25NO4S2/c1-4-5-6-7-8-9-14-12(2,10-15)19-11-13(14,3)20(16,17)18/h10H,4-9,11H2,1-3H3,(H,16,17,18). The third kappa shape index (κ3) is 3.55. The lowest BCUT2D eigenvalue weighted by molar-refractivity contribution is -0.114. The molecule has 20 heavy (non-hydrogen) atoms. The molecule has 2 unspecified atom stereocenters. The second-order valence-electron chi connectivity index (χ2n) is 5.68. The van der Waals surface area contributed by atoms with Crippen molar-refractivity contribution in [3.05, 3.63) is 0 Å². The lowest BCUT2D eigenvalue weighted by Crippen LogP contribution is -2.56. The molecule has 0 aliphatic carbocycles. The average Bonchev–Trinajstić information content (AvgIpc) is 2.64. The number of hydrogen-bond donors (Lipinski definition) is 1. The molecule has 0 amide bonds. The van der Waals surface area contributed by atoms with E-state index in [0.717, 1.165) is 38.4 Å². The molecule has 0 bridgehead atoms. The molecule has 1 aliphatic rings. The van der Waals surface area contributed by atoms with Gasteiger partial charge in [0.2, 0.25) is 0 Å². The highest BCUT2D eigenvalue weighted by Gasteiger charge is 2.57. The summed E-state index contributed by atoms with van der Waals surface area (Å²) in [5.41, 5.74) is 0. The number of carbonyl (C=O) groups is 1. The van der Waals surface area contributed by atoms with Crippen LogP contribution in [0, 0.1) is 0 Å². The molecule has 2 atom stereocenters. The first-order chi connectivity index (χ1) is 9.21. The van der Waals surface area contributed by atoms with Crippen molar-refractivity contribution < 1.29 is 17.8 Å². The van der Waals surface area contributed by atoms with Crippen LogP contribution in [0.25, 0.3) is 0 Å². The monoisotopic (exact) mass is 323 g/mol. The Hall–Kier alpha value is -0.110. The van der Waals surface area contributed by atoms with Crippen molar-refractivity contribution in [1.82, 2.24) is 4.90 Å². The normalized spacial score (nSPS) is 31.6. The molecular weight excluding hydrogens is 298 g/mol. The Bertz CT molecular complexity index is 440. The van der Waals surface area contributed by atoms with Crippen LogP contribution in [-0.4, -0.2) is 46.2 Å². The number of thioether (sulfide) groups is 1. The molecule has 0 radical (unpaired) electrons. The first kappa shape index (κ1) is 17.9. The van der Waals surface area contributed by atoms with Gasteiger partial charge < -0.3 is 4.79 Å². The Kier molecular flexibility index (Phi) is 6.07. The van der Waals surface area contributed by atoms with Gasteiger partial charge in [0, 0.05) is 12.3 Å². The molecule has 7 heteroatoms. The summed E-state index contributed by atoms with van der Waals surface area (Å²) in [4.78, 5) is 10.7. The van der Waals surface area contributed by atoms with Gasteiger partial charge in [-0.05, 0) is 20.3 Å². The summed E-state index contributed by atoms with van der Waals surface area (Å²) in [5.74, 6) is 0.204. The molecule has 1 saturated heterocycles. The van der Waals surface area contributed by atoms with E-state index in [9.17, 15) is 17.8 Å². The summed E-state index contributed by atoms with van der Waals surface area (Å²) in [5, 5.41) is 0. The average molecular weight is 323 g/mol. The molecule has 5 nitrogen and oxygen atoms in total. The summed E-state index contributed by atoms with van der Waals surface area (Å²) >= 11 is 1.27. The van der Waals surface area contributed by atoms with Crippen molar-refractivity contribution in [2.45, 2.75) is 62.6 Å². The Morgan fingerprint density at radius 1 is 1.25 bits per heavy atom. The van der Waals surface area contributed by atoms with Gasteiger partial charge in [0.1, 0.15) is 11.2 Å². The van der Waals surface area contributed by atoms with Crippen molar-refractivity contribution in [2.24, 2.45) is 0 Å². The van der Waals surface area contributed by atoms with Crippen molar-refractivity contribution in [3.8, 4) is 0 Å². The van der Waals surface area contributed by atoms with Crippen LogP contribution >= 0.6 is 11.8 Å². The van der Waals surface area contributed by atoms with Crippen LogP contribution in [0.15, 0.2) is 0 Å². The smallest absolute Gasteiger partial charge is 0.284 e. The van der Waals surface area contributed by atoms with Crippen LogP contribution in [0.1, 0.15) is 52.9 Å². The van der Waals surface area contributed by atoms with E-state index in [-0.39, 0.29) is 5.75 Å². The lowest BCUT2D eigenvalue weighted by atomic mass is 10.1. The Morgan fingerprint density at radius 3 is 2.35 bits per heavy atom. The first-order valence-electron chi connectivity index (χ1n) is 7.06. The minimum atomic E-state index is -4.23. The quantitative estimate of drug-likeness (QED) is 0.420. The van der Waals surface area contributed by atoms with E-state index in [0.29, 0.717) is 6.54 Å². The van der Waals surface area contributed by atoms with Crippen LogP contribution in [0.4, 0.5) is 0 Å². The zero-order valence-corrected chi connectivity index (χ0v) is 14.1. The van der Waals surface area contributed by atoms with Gasteiger partial charge in [-0.2, -0.15) is 8.42 Å². The molecule has 0 aromatic rings. The maximum absolute atomic E-state index is 11.7. The van der Waals surface area contributed by atoms with Gasteiger partial charge in [-0.15, -0.1) is 11.8 Å². The van der Waals surface area contributed by atoms with E-state index >= 15 is 0 Å². The minimum absolute atomic E-state index is 0.204. The Morgan fingerprint density at radius 2 is 1.85 bits per heavy atom. The molecule has 0 aromatic carbocycles. The summed E-state index contributed by atoms with van der Waals surface area (Å²) < 4.78 is 32.9. The van der Waals surface area contributed by atoms with E-state index < -0.39 is 19.9 Å². The number of unbranched alkanes of at least 4 members (excludes halogenated alkanes) is 4. The molecule has 118 valence electrons. The zero-order valence-electron chi connectivity index (χ0n) is 12.5. The molecular formula is C13H25NO4S2. The highest BCUT2D eigenvalue weighted by molar-refractivity contribution is 8.02. The van der Waals surface area contributed by atoms with Crippen molar-refractivity contribution >= 4 is 28.2 Å².